The third-order valence-electron chi connectivity index (χ3n) is 6.06. The van der Waals surface area contributed by atoms with Gasteiger partial charge in [-0.1, -0.05) is 12.5 Å². The third-order valence-corrected chi connectivity index (χ3v) is 7.98. The van der Waals surface area contributed by atoms with Gasteiger partial charge in [-0.2, -0.15) is 4.31 Å². The van der Waals surface area contributed by atoms with Crippen LogP contribution < -0.4 is 15.0 Å². The number of anilines is 2. The predicted molar refractivity (Wildman–Crippen MR) is 133 cm³/mol. The molecule has 0 atom stereocenters. The van der Waals surface area contributed by atoms with Gasteiger partial charge in [-0.3, -0.25) is 4.79 Å². The molecule has 1 amide bonds. The molecule has 8 nitrogen and oxygen atoms in total. The number of rotatable bonds is 7. The van der Waals surface area contributed by atoms with Crippen LogP contribution >= 0.6 is 0 Å². The predicted octanol–water partition coefficient (Wildman–Crippen LogP) is 3.36. The minimum absolute atomic E-state index is 0.123. The van der Waals surface area contributed by atoms with Crippen LogP contribution in [0.5, 0.6) is 5.75 Å². The molecule has 1 N–H and O–H groups in total. The second-order valence-electron chi connectivity index (χ2n) is 8.34. The summed E-state index contributed by atoms with van der Waals surface area (Å²) in [5.41, 5.74) is 2.39. The van der Waals surface area contributed by atoms with E-state index in [1.165, 1.54) is 17.5 Å². The number of morpholine rings is 1. The van der Waals surface area contributed by atoms with Crippen LogP contribution in [-0.4, -0.2) is 65.1 Å². The second kappa shape index (κ2) is 11.0. The first-order chi connectivity index (χ1) is 16.5. The molecule has 2 aromatic carbocycles. The highest BCUT2D eigenvalue weighted by Gasteiger charge is 2.29. The van der Waals surface area contributed by atoms with Crippen molar-refractivity contribution in [3.8, 4) is 5.75 Å². The zero-order valence-corrected chi connectivity index (χ0v) is 20.2. The minimum Gasteiger partial charge on any atom is -0.495 e. The topological polar surface area (TPSA) is 88.2 Å². The molecule has 9 heteroatoms. The molecule has 2 fully saturated rings. The zero-order chi connectivity index (χ0) is 24.0. The summed E-state index contributed by atoms with van der Waals surface area (Å²) in [5.74, 6) is 0.00270. The molecule has 2 heterocycles. The molecule has 0 saturated carbocycles. The summed E-state index contributed by atoms with van der Waals surface area (Å²) in [6.45, 7) is 4.17. The number of carbonyl (C=O) groups excluding carboxylic acids is 1. The van der Waals surface area contributed by atoms with Gasteiger partial charge in [0.2, 0.25) is 15.9 Å². The van der Waals surface area contributed by atoms with Gasteiger partial charge in [0.05, 0.1) is 20.3 Å². The van der Waals surface area contributed by atoms with Crippen molar-refractivity contribution in [1.29, 1.82) is 0 Å². The molecule has 2 aromatic rings. The number of benzene rings is 2. The molecule has 2 saturated heterocycles. The molecular formula is C25H31N3O5S. The van der Waals surface area contributed by atoms with Gasteiger partial charge in [-0.05, 0) is 60.9 Å². The lowest BCUT2D eigenvalue weighted by atomic mass is 10.2. The molecule has 0 aliphatic carbocycles. The number of methoxy groups -OCH3 is 1. The van der Waals surface area contributed by atoms with Crippen LogP contribution in [0.3, 0.4) is 0 Å². The highest BCUT2D eigenvalue weighted by molar-refractivity contribution is 7.89. The van der Waals surface area contributed by atoms with Gasteiger partial charge in [0.25, 0.3) is 0 Å². The lowest BCUT2D eigenvalue weighted by Crippen LogP contribution is -2.36. The summed E-state index contributed by atoms with van der Waals surface area (Å²) in [6.07, 6.45) is 5.75. The maximum Gasteiger partial charge on any atom is 0.248 e. The van der Waals surface area contributed by atoms with E-state index >= 15 is 0 Å². The lowest BCUT2D eigenvalue weighted by molar-refractivity contribution is -0.111. The van der Waals surface area contributed by atoms with Crippen LogP contribution in [0, 0.1) is 0 Å². The van der Waals surface area contributed by atoms with E-state index in [0.717, 1.165) is 51.3 Å². The quantitative estimate of drug-likeness (QED) is 0.605. The van der Waals surface area contributed by atoms with Crippen molar-refractivity contribution in [2.45, 2.75) is 24.2 Å². The van der Waals surface area contributed by atoms with Gasteiger partial charge in [0, 0.05) is 43.6 Å². The SMILES string of the molecule is COc1ccc(/C=C/C(=O)Nc2ccc(N3CCOCC3)cc2)cc1S(=O)(=O)N1CCCCC1. The highest BCUT2D eigenvalue weighted by atomic mass is 32.2. The molecule has 2 aliphatic heterocycles. The fourth-order valence-electron chi connectivity index (χ4n) is 4.18. The Morgan fingerprint density at radius 2 is 1.71 bits per heavy atom. The Morgan fingerprint density at radius 1 is 1.00 bits per heavy atom. The van der Waals surface area contributed by atoms with Crippen molar-refractivity contribution in [2.75, 3.05) is 56.7 Å². The van der Waals surface area contributed by atoms with Crippen molar-refractivity contribution < 1.29 is 22.7 Å². The molecule has 34 heavy (non-hydrogen) atoms. The molecular weight excluding hydrogens is 454 g/mol. The number of nitrogens with zero attached hydrogens (tertiary/aromatic N) is 2. The summed E-state index contributed by atoms with van der Waals surface area (Å²) in [4.78, 5) is 14.8. The number of nitrogens with one attached hydrogen (secondary N) is 1. The van der Waals surface area contributed by atoms with Crippen LogP contribution in [-0.2, 0) is 19.6 Å². The van der Waals surface area contributed by atoms with E-state index in [0.29, 0.717) is 30.1 Å². The zero-order valence-electron chi connectivity index (χ0n) is 19.4. The molecule has 0 spiro atoms. The van der Waals surface area contributed by atoms with Crippen LogP contribution in [0.25, 0.3) is 6.08 Å². The second-order valence-corrected chi connectivity index (χ2v) is 10.3. The molecule has 0 radical (unpaired) electrons. The standard InChI is InChI=1S/C25H31N3O5S/c1-32-23-11-5-20(19-24(23)34(30,31)28-13-3-2-4-14-28)6-12-25(29)26-21-7-9-22(10-8-21)27-15-17-33-18-16-27/h5-12,19H,2-4,13-18H2,1H3,(H,26,29)/b12-6+. The van der Waals surface area contributed by atoms with E-state index in [9.17, 15) is 13.2 Å². The maximum absolute atomic E-state index is 13.2. The first-order valence-corrected chi connectivity index (χ1v) is 13.0. The van der Waals surface area contributed by atoms with Crippen molar-refractivity contribution in [3.63, 3.8) is 0 Å². The first-order valence-electron chi connectivity index (χ1n) is 11.6. The molecule has 0 bridgehead atoms. The van der Waals surface area contributed by atoms with Crippen molar-refractivity contribution in [2.24, 2.45) is 0 Å². The van der Waals surface area contributed by atoms with E-state index < -0.39 is 10.0 Å². The molecule has 0 unspecified atom stereocenters. The van der Waals surface area contributed by atoms with Gasteiger partial charge in [0.1, 0.15) is 10.6 Å². The van der Waals surface area contributed by atoms with E-state index in [4.69, 9.17) is 9.47 Å². The van der Waals surface area contributed by atoms with Gasteiger partial charge in [-0.15, -0.1) is 0 Å². The Kier molecular flexibility index (Phi) is 7.87. The maximum atomic E-state index is 13.2. The highest BCUT2D eigenvalue weighted by Crippen LogP contribution is 2.30. The van der Waals surface area contributed by atoms with E-state index in [1.54, 1.807) is 24.3 Å². The molecule has 0 aromatic heterocycles. The number of sulfonamides is 1. The average molecular weight is 486 g/mol. The van der Waals surface area contributed by atoms with Crippen LogP contribution in [0.1, 0.15) is 24.8 Å². The van der Waals surface area contributed by atoms with Gasteiger partial charge < -0.3 is 19.7 Å². The summed E-state index contributed by atoms with van der Waals surface area (Å²) in [6, 6.07) is 12.6. The molecule has 182 valence electrons. The van der Waals surface area contributed by atoms with Gasteiger partial charge in [-0.25, -0.2) is 8.42 Å². The van der Waals surface area contributed by atoms with Crippen molar-refractivity contribution >= 4 is 33.4 Å². The number of piperidine rings is 1. The number of hydrogen-bond acceptors (Lipinski definition) is 6. The lowest BCUT2D eigenvalue weighted by Gasteiger charge is -2.28. The van der Waals surface area contributed by atoms with Crippen molar-refractivity contribution in [1.82, 2.24) is 4.31 Å². The van der Waals surface area contributed by atoms with Crippen LogP contribution in [0.15, 0.2) is 53.4 Å². The number of ether oxygens (including phenoxy) is 2. The Bertz CT molecular complexity index is 1120. The summed E-state index contributed by atoms with van der Waals surface area (Å²) in [7, 11) is -2.21. The smallest absolute Gasteiger partial charge is 0.248 e. The normalized spacial score (nSPS) is 17.6. The molecule has 2 aliphatic rings. The first kappa shape index (κ1) is 24.3. The average Bonchev–Trinajstić information content (AvgIpc) is 2.89. The summed E-state index contributed by atoms with van der Waals surface area (Å²) in [5, 5.41) is 2.84. The Balaban J connectivity index is 1.43. The van der Waals surface area contributed by atoms with Gasteiger partial charge in [0.15, 0.2) is 0 Å². The van der Waals surface area contributed by atoms with Crippen molar-refractivity contribution in [3.05, 3.63) is 54.1 Å². The Hall–Kier alpha value is -2.88. The third kappa shape index (κ3) is 5.78. The minimum atomic E-state index is -3.67. The van der Waals surface area contributed by atoms with Crippen LogP contribution in [0.4, 0.5) is 11.4 Å². The number of hydrogen-bond donors (Lipinski definition) is 1. The number of carbonyl (C=O) groups is 1. The Labute approximate surface area is 201 Å². The Morgan fingerprint density at radius 3 is 2.38 bits per heavy atom. The fourth-order valence-corrected chi connectivity index (χ4v) is 5.88. The van der Waals surface area contributed by atoms with E-state index in [1.807, 2.05) is 24.3 Å². The number of amides is 1. The summed E-state index contributed by atoms with van der Waals surface area (Å²) >= 11 is 0. The molecule has 4 rings (SSSR count). The van der Waals surface area contributed by atoms with E-state index in [-0.39, 0.29) is 10.8 Å². The monoisotopic (exact) mass is 485 g/mol. The van der Waals surface area contributed by atoms with E-state index in [2.05, 4.69) is 10.2 Å². The van der Waals surface area contributed by atoms with Gasteiger partial charge >= 0.3 is 0 Å². The summed E-state index contributed by atoms with van der Waals surface area (Å²) < 4.78 is 38.6. The largest absolute Gasteiger partial charge is 0.495 e. The fraction of sp³-hybridized carbons (Fsp3) is 0.400. The van der Waals surface area contributed by atoms with Crippen LogP contribution in [0.2, 0.25) is 0 Å².